The third kappa shape index (κ3) is 4.79. The van der Waals surface area contributed by atoms with E-state index in [-0.39, 0.29) is 23.2 Å². The van der Waals surface area contributed by atoms with Crippen molar-refractivity contribution >= 4 is 51.8 Å². The molecular weight excluding hydrogens is 541 g/mol. The van der Waals surface area contributed by atoms with Crippen molar-refractivity contribution in [2.24, 2.45) is 0 Å². The van der Waals surface area contributed by atoms with Crippen LogP contribution in [0.2, 0.25) is 0 Å². The number of fused-ring (bicyclic) bond motifs is 2. The molecule has 204 valence electrons. The zero-order valence-electron chi connectivity index (χ0n) is 22.0. The summed E-state index contributed by atoms with van der Waals surface area (Å²) in [6, 6.07) is 19.0. The van der Waals surface area contributed by atoms with Gasteiger partial charge in [-0.05, 0) is 34.7 Å². The lowest BCUT2D eigenvalue weighted by Crippen LogP contribution is -2.51. The molecular formula is C30H30N6O2S2. The second-order valence-electron chi connectivity index (χ2n) is 10.7. The van der Waals surface area contributed by atoms with Crippen LogP contribution in [-0.4, -0.2) is 63.8 Å². The van der Waals surface area contributed by atoms with E-state index in [9.17, 15) is 9.59 Å². The van der Waals surface area contributed by atoms with Gasteiger partial charge in [0.15, 0.2) is 0 Å². The SMILES string of the molecule is O=C1CCC(N2Cc3ccc(CN4CCN(c5ncnc6sc(-c7ccccc7)cc56)CC4)cc3C2S)C(=O)N1. The molecule has 3 aliphatic rings. The molecule has 0 radical (unpaired) electrons. The molecule has 2 saturated heterocycles. The van der Waals surface area contributed by atoms with E-state index < -0.39 is 0 Å². The predicted octanol–water partition coefficient (Wildman–Crippen LogP) is 4.23. The summed E-state index contributed by atoms with van der Waals surface area (Å²) in [5.41, 5.74) is 4.83. The number of piperazine rings is 1. The minimum atomic E-state index is -0.315. The Morgan fingerprint density at radius 1 is 1.00 bits per heavy atom. The first-order valence-corrected chi connectivity index (χ1v) is 15.0. The number of piperidine rings is 1. The average Bonchev–Trinajstić information content (AvgIpc) is 3.55. The van der Waals surface area contributed by atoms with Crippen molar-refractivity contribution < 1.29 is 9.59 Å². The molecule has 8 nitrogen and oxygen atoms in total. The molecule has 40 heavy (non-hydrogen) atoms. The van der Waals surface area contributed by atoms with E-state index >= 15 is 0 Å². The van der Waals surface area contributed by atoms with E-state index in [4.69, 9.17) is 17.6 Å². The molecule has 2 fully saturated rings. The number of hydrogen-bond acceptors (Lipinski definition) is 9. The fraction of sp³-hybridized carbons (Fsp3) is 0.333. The zero-order valence-corrected chi connectivity index (χ0v) is 23.7. The standard InChI is InChI=1S/C30H30N6O2S2/c37-26-9-8-24(28(38)33-26)36-17-21-7-6-19(14-22(21)30(36)39)16-34-10-12-35(13-11-34)27-23-15-25(20-4-2-1-3-5-20)40-29(23)32-18-31-27/h1-7,14-15,18,24,30,39H,8-13,16-17H2,(H,33,37,38). The quantitative estimate of drug-likeness (QED) is 0.275. The third-order valence-electron chi connectivity index (χ3n) is 8.21. The molecule has 0 spiro atoms. The molecule has 0 bridgehead atoms. The number of aromatic nitrogens is 2. The Hall–Kier alpha value is -3.31. The van der Waals surface area contributed by atoms with E-state index in [1.807, 2.05) is 6.07 Å². The molecule has 2 aromatic carbocycles. The number of thiol groups is 1. The van der Waals surface area contributed by atoms with Crippen LogP contribution in [0.15, 0.2) is 60.9 Å². The van der Waals surface area contributed by atoms with Crippen LogP contribution in [0.5, 0.6) is 0 Å². The van der Waals surface area contributed by atoms with Gasteiger partial charge in [0.1, 0.15) is 17.0 Å². The Morgan fingerprint density at radius 2 is 1.82 bits per heavy atom. The minimum Gasteiger partial charge on any atom is -0.353 e. The van der Waals surface area contributed by atoms with Gasteiger partial charge in [0.25, 0.3) is 0 Å². The van der Waals surface area contributed by atoms with Crippen LogP contribution < -0.4 is 10.2 Å². The number of imide groups is 1. The van der Waals surface area contributed by atoms with Crippen LogP contribution in [0.25, 0.3) is 20.7 Å². The third-order valence-corrected chi connectivity index (χ3v) is 9.88. The van der Waals surface area contributed by atoms with E-state index in [1.165, 1.54) is 27.1 Å². The van der Waals surface area contributed by atoms with Gasteiger partial charge in [-0.15, -0.1) is 11.3 Å². The van der Waals surface area contributed by atoms with Crippen LogP contribution in [0.1, 0.15) is 34.9 Å². The molecule has 10 heteroatoms. The molecule has 7 rings (SSSR count). The number of rotatable bonds is 5. The molecule has 0 saturated carbocycles. The van der Waals surface area contributed by atoms with Crippen molar-refractivity contribution in [1.29, 1.82) is 0 Å². The largest absolute Gasteiger partial charge is 0.353 e. The van der Waals surface area contributed by atoms with Gasteiger partial charge in [-0.3, -0.25) is 24.7 Å². The van der Waals surface area contributed by atoms with Gasteiger partial charge in [-0.1, -0.05) is 48.5 Å². The highest BCUT2D eigenvalue weighted by Gasteiger charge is 2.39. The molecule has 2 unspecified atom stereocenters. The Morgan fingerprint density at radius 3 is 2.62 bits per heavy atom. The maximum absolute atomic E-state index is 12.5. The van der Waals surface area contributed by atoms with Crippen LogP contribution in [-0.2, 0) is 22.7 Å². The number of anilines is 1. The molecule has 2 aromatic heterocycles. The van der Waals surface area contributed by atoms with Crippen LogP contribution >= 0.6 is 24.0 Å². The molecule has 4 aromatic rings. The number of hydrogen-bond donors (Lipinski definition) is 2. The lowest BCUT2D eigenvalue weighted by Gasteiger charge is -2.35. The Balaban J connectivity index is 1.01. The van der Waals surface area contributed by atoms with Crippen molar-refractivity contribution in [1.82, 2.24) is 25.1 Å². The summed E-state index contributed by atoms with van der Waals surface area (Å²) in [5, 5.41) is 3.45. The van der Waals surface area contributed by atoms with Gasteiger partial charge < -0.3 is 4.90 Å². The molecule has 3 aliphatic heterocycles. The van der Waals surface area contributed by atoms with E-state index in [0.717, 1.165) is 48.8 Å². The van der Waals surface area contributed by atoms with Gasteiger partial charge in [0.05, 0.1) is 16.8 Å². The Kier molecular flexibility index (Phi) is 6.79. The number of nitrogens with one attached hydrogen (secondary N) is 1. The number of carbonyl (C=O) groups excluding carboxylic acids is 2. The second-order valence-corrected chi connectivity index (χ2v) is 12.2. The summed E-state index contributed by atoms with van der Waals surface area (Å²) < 4.78 is 0. The summed E-state index contributed by atoms with van der Waals surface area (Å²) in [7, 11) is 0. The maximum atomic E-state index is 12.5. The fourth-order valence-corrected chi connectivity index (χ4v) is 7.57. The average molecular weight is 571 g/mol. The van der Waals surface area contributed by atoms with Crippen molar-refractivity contribution in [3.8, 4) is 10.4 Å². The minimum absolute atomic E-state index is 0.151. The van der Waals surface area contributed by atoms with Gasteiger partial charge in [-0.25, -0.2) is 9.97 Å². The molecule has 5 heterocycles. The molecule has 0 aliphatic carbocycles. The summed E-state index contributed by atoms with van der Waals surface area (Å²) in [5.74, 6) is 0.625. The summed E-state index contributed by atoms with van der Waals surface area (Å²) in [6.45, 7) is 5.26. The van der Waals surface area contributed by atoms with Gasteiger partial charge >= 0.3 is 0 Å². The number of thiophene rings is 1. The first kappa shape index (κ1) is 25.6. The van der Waals surface area contributed by atoms with Crippen molar-refractivity contribution in [3.05, 3.63) is 77.6 Å². The number of nitrogens with zero attached hydrogens (tertiary/aromatic N) is 5. The topological polar surface area (TPSA) is 81.7 Å². The van der Waals surface area contributed by atoms with Gasteiger partial charge in [0.2, 0.25) is 11.8 Å². The van der Waals surface area contributed by atoms with E-state index in [0.29, 0.717) is 19.4 Å². The highest BCUT2D eigenvalue weighted by atomic mass is 32.1. The summed E-state index contributed by atoms with van der Waals surface area (Å²) >= 11 is 6.60. The first-order valence-electron chi connectivity index (χ1n) is 13.7. The molecule has 2 amide bonds. The Bertz CT molecular complexity index is 1580. The lowest BCUT2D eigenvalue weighted by atomic mass is 10.0. The molecule has 1 N–H and O–H groups in total. The summed E-state index contributed by atoms with van der Waals surface area (Å²) in [6.07, 6.45) is 2.61. The normalized spacial score (nSPS) is 22.1. The lowest BCUT2D eigenvalue weighted by molar-refractivity contribution is -0.137. The van der Waals surface area contributed by atoms with Crippen molar-refractivity contribution in [2.75, 3.05) is 31.1 Å². The monoisotopic (exact) mass is 570 g/mol. The Labute approximate surface area is 242 Å². The van der Waals surface area contributed by atoms with Gasteiger partial charge in [-0.2, -0.15) is 12.6 Å². The van der Waals surface area contributed by atoms with Crippen molar-refractivity contribution in [2.45, 2.75) is 37.3 Å². The number of carbonyl (C=O) groups is 2. The highest BCUT2D eigenvalue weighted by molar-refractivity contribution is 7.80. The second kappa shape index (κ2) is 10.6. The van der Waals surface area contributed by atoms with Crippen LogP contribution in [0, 0.1) is 0 Å². The van der Waals surface area contributed by atoms with Crippen LogP contribution in [0.3, 0.4) is 0 Å². The van der Waals surface area contributed by atoms with Gasteiger partial charge in [0, 0.05) is 50.6 Å². The van der Waals surface area contributed by atoms with Crippen molar-refractivity contribution in [3.63, 3.8) is 0 Å². The van der Waals surface area contributed by atoms with Crippen LogP contribution in [0.4, 0.5) is 5.82 Å². The fourth-order valence-electron chi connectivity index (χ4n) is 6.08. The van der Waals surface area contributed by atoms with E-state index in [2.05, 4.69) is 73.5 Å². The first-order chi connectivity index (χ1) is 19.5. The maximum Gasteiger partial charge on any atom is 0.243 e. The number of amides is 2. The smallest absolute Gasteiger partial charge is 0.243 e. The summed E-state index contributed by atoms with van der Waals surface area (Å²) in [4.78, 5) is 42.5. The molecule has 2 atom stereocenters. The zero-order chi connectivity index (χ0) is 27.2. The predicted molar refractivity (Wildman–Crippen MR) is 160 cm³/mol. The van der Waals surface area contributed by atoms with E-state index in [1.54, 1.807) is 17.7 Å². The highest BCUT2D eigenvalue weighted by Crippen LogP contribution is 2.40. The number of benzene rings is 2.